The number of hydrogen-bond donors (Lipinski definition) is 0. The molecule has 0 aliphatic carbocycles. The third-order valence-electron chi connectivity index (χ3n) is 0.886. The number of para-hydroxylation sites is 1. The average Bonchev–Trinajstić information content (AvgIpc) is 1.91. The summed E-state index contributed by atoms with van der Waals surface area (Å²) >= 11 is 0. The van der Waals surface area contributed by atoms with Crippen LogP contribution in [0.4, 0.5) is 0 Å². The van der Waals surface area contributed by atoms with E-state index >= 15 is 0 Å². The van der Waals surface area contributed by atoms with Gasteiger partial charge in [-0.1, -0.05) is 18.2 Å². The van der Waals surface area contributed by atoms with Crippen LogP contribution in [-0.4, -0.2) is 0 Å². The number of rotatable bonds is 2. The third-order valence-corrected chi connectivity index (χ3v) is 1.17. The Morgan fingerprint density at radius 3 is 2.30 bits per heavy atom. The van der Waals surface area contributed by atoms with E-state index in [1.165, 1.54) is 0 Å². The SMILES string of the molecule is O=POc1ccccc1.[Zn]. The molecule has 0 atom stereocenters. The molecule has 10 heavy (non-hydrogen) atoms. The van der Waals surface area contributed by atoms with E-state index in [4.69, 9.17) is 0 Å². The molecule has 0 aromatic heterocycles. The molecule has 0 saturated heterocycles. The Kier molecular flexibility index (Phi) is 5.38. The molecule has 0 aliphatic rings. The van der Waals surface area contributed by atoms with Gasteiger partial charge in [0.1, 0.15) is 5.75 Å². The monoisotopic (exact) mass is 204 g/mol. The van der Waals surface area contributed by atoms with E-state index in [-0.39, 0.29) is 28.2 Å². The molecule has 0 spiro atoms. The van der Waals surface area contributed by atoms with Gasteiger partial charge in [0.05, 0.1) is 0 Å². The van der Waals surface area contributed by atoms with Gasteiger partial charge in [0.2, 0.25) is 0 Å². The first-order valence-electron chi connectivity index (χ1n) is 2.48. The van der Waals surface area contributed by atoms with E-state index in [9.17, 15) is 4.57 Å². The van der Waals surface area contributed by atoms with Crippen LogP contribution in [0.1, 0.15) is 0 Å². The predicted molar refractivity (Wildman–Crippen MR) is 34.7 cm³/mol. The second-order valence-electron chi connectivity index (χ2n) is 1.48. The van der Waals surface area contributed by atoms with E-state index in [0.29, 0.717) is 5.75 Å². The van der Waals surface area contributed by atoms with Crippen LogP contribution in [0, 0.1) is 0 Å². The summed E-state index contributed by atoms with van der Waals surface area (Å²) in [7, 11) is -0.305. The minimum atomic E-state index is -0.305. The molecule has 4 heteroatoms. The van der Waals surface area contributed by atoms with Gasteiger partial charge in [-0.2, -0.15) is 0 Å². The Morgan fingerprint density at radius 2 is 1.80 bits per heavy atom. The van der Waals surface area contributed by atoms with Crippen molar-refractivity contribution >= 4 is 8.69 Å². The molecular weight excluding hydrogens is 200 g/mol. The van der Waals surface area contributed by atoms with Gasteiger partial charge in [-0.05, 0) is 12.1 Å². The summed E-state index contributed by atoms with van der Waals surface area (Å²) in [5.74, 6) is 0.620. The summed E-state index contributed by atoms with van der Waals surface area (Å²) in [4.78, 5) is 0. The van der Waals surface area contributed by atoms with Crippen LogP contribution in [-0.2, 0) is 24.0 Å². The van der Waals surface area contributed by atoms with E-state index in [1.807, 2.05) is 18.2 Å². The molecule has 0 aliphatic heterocycles. The first kappa shape index (κ1) is 9.74. The Bertz CT molecular complexity index is 190. The normalized spacial score (nSPS) is 8.40. The second kappa shape index (κ2) is 5.52. The predicted octanol–water partition coefficient (Wildman–Crippen LogP) is 2.27. The van der Waals surface area contributed by atoms with Crippen molar-refractivity contribution in [3.05, 3.63) is 30.3 Å². The van der Waals surface area contributed by atoms with Gasteiger partial charge in [-0.25, -0.2) is 4.57 Å². The maximum absolute atomic E-state index is 9.85. The zero-order valence-electron chi connectivity index (χ0n) is 5.36. The fraction of sp³-hybridized carbons (Fsp3) is 0. The van der Waals surface area contributed by atoms with Crippen LogP contribution in [0.25, 0.3) is 0 Å². The van der Waals surface area contributed by atoms with Crippen LogP contribution in [0.2, 0.25) is 0 Å². The Hall–Kier alpha value is -0.257. The topological polar surface area (TPSA) is 26.3 Å². The molecule has 0 N–H and O–H groups in total. The first-order chi connectivity index (χ1) is 4.43. The van der Waals surface area contributed by atoms with Gasteiger partial charge in [0, 0.05) is 19.5 Å². The van der Waals surface area contributed by atoms with Crippen molar-refractivity contribution in [1.29, 1.82) is 0 Å². The maximum Gasteiger partial charge on any atom is 0.395 e. The summed E-state index contributed by atoms with van der Waals surface area (Å²) in [5.41, 5.74) is 0. The molecule has 0 saturated carbocycles. The third kappa shape index (κ3) is 3.05. The van der Waals surface area contributed by atoms with Crippen molar-refractivity contribution in [2.24, 2.45) is 0 Å². The molecule has 48 valence electrons. The van der Waals surface area contributed by atoms with Gasteiger partial charge < -0.3 is 4.52 Å². The summed E-state index contributed by atoms with van der Waals surface area (Å²) in [6.45, 7) is 0. The van der Waals surface area contributed by atoms with Crippen LogP contribution >= 0.6 is 8.69 Å². The Labute approximate surface area is 73.6 Å². The van der Waals surface area contributed by atoms with E-state index in [1.54, 1.807) is 12.1 Å². The Morgan fingerprint density at radius 1 is 1.20 bits per heavy atom. The molecule has 0 unspecified atom stereocenters. The summed E-state index contributed by atoms with van der Waals surface area (Å²) in [6.07, 6.45) is 0. The molecule has 1 aromatic carbocycles. The van der Waals surface area contributed by atoms with Crippen LogP contribution < -0.4 is 4.52 Å². The summed E-state index contributed by atoms with van der Waals surface area (Å²) in [6, 6.07) is 8.99. The zero-order valence-corrected chi connectivity index (χ0v) is 9.22. The van der Waals surface area contributed by atoms with Crippen molar-refractivity contribution in [3.63, 3.8) is 0 Å². The van der Waals surface area contributed by atoms with E-state index < -0.39 is 0 Å². The molecule has 0 radical (unpaired) electrons. The summed E-state index contributed by atoms with van der Waals surface area (Å²) in [5, 5.41) is 0. The van der Waals surface area contributed by atoms with Gasteiger partial charge >= 0.3 is 8.69 Å². The largest absolute Gasteiger partial charge is 0.408 e. The van der Waals surface area contributed by atoms with E-state index in [2.05, 4.69) is 4.52 Å². The van der Waals surface area contributed by atoms with Gasteiger partial charge in [-0.3, -0.25) is 0 Å². The maximum atomic E-state index is 9.85. The van der Waals surface area contributed by atoms with Crippen molar-refractivity contribution in [3.8, 4) is 5.75 Å². The number of hydrogen-bond acceptors (Lipinski definition) is 2. The van der Waals surface area contributed by atoms with Crippen LogP contribution in [0.15, 0.2) is 30.3 Å². The quantitative estimate of drug-likeness (QED) is 0.547. The van der Waals surface area contributed by atoms with Crippen molar-refractivity contribution < 1.29 is 28.6 Å². The zero-order chi connectivity index (χ0) is 6.53. The molecule has 0 bridgehead atoms. The second-order valence-corrected chi connectivity index (χ2v) is 1.81. The smallest absolute Gasteiger partial charge is 0.395 e. The van der Waals surface area contributed by atoms with Crippen molar-refractivity contribution in [1.82, 2.24) is 0 Å². The van der Waals surface area contributed by atoms with Crippen LogP contribution in [0.5, 0.6) is 5.75 Å². The van der Waals surface area contributed by atoms with Gasteiger partial charge in [-0.15, -0.1) is 0 Å². The first-order valence-corrected chi connectivity index (χ1v) is 3.21. The molecule has 2 nitrogen and oxygen atoms in total. The Balaban J connectivity index is 0.000000810. The molecule has 0 amide bonds. The van der Waals surface area contributed by atoms with Crippen LogP contribution in [0.3, 0.4) is 0 Å². The minimum Gasteiger partial charge on any atom is -0.408 e. The molecule has 0 fully saturated rings. The standard InChI is InChI=1S/C6H5O2P.Zn/c7-9-8-6-4-2-1-3-5-6;/h1-5H;. The van der Waals surface area contributed by atoms with E-state index in [0.717, 1.165) is 0 Å². The van der Waals surface area contributed by atoms with Gasteiger partial charge in [0.15, 0.2) is 0 Å². The molecule has 1 aromatic rings. The minimum absolute atomic E-state index is 0. The van der Waals surface area contributed by atoms with Gasteiger partial charge in [0.25, 0.3) is 0 Å². The molecule has 0 heterocycles. The fourth-order valence-electron chi connectivity index (χ4n) is 0.524. The number of benzene rings is 1. The fourth-order valence-corrected chi connectivity index (χ4v) is 0.732. The average molecular weight is 205 g/mol. The van der Waals surface area contributed by atoms with Crippen molar-refractivity contribution in [2.75, 3.05) is 0 Å². The molecule has 1 rings (SSSR count). The summed E-state index contributed by atoms with van der Waals surface area (Å²) < 4.78 is 14.5. The van der Waals surface area contributed by atoms with Crippen molar-refractivity contribution in [2.45, 2.75) is 0 Å². The molecular formula is C6H5O2PZn.